The van der Waals surface area contributed by atoms with Gasteiger partial charge in [0.2, 0.25) is 0 Å². The van der Waals surface area contributed by atoms with E-state index in [1.165, 1.54) is 19.2 Å². The smallest absolute Gasteiger partial charge is 0.305 e. The molecule has 1 rings (SSSR count). The summed E-state index contributed by atoms with van der Waals surface area (Å²) in [5.41, 5.74) is -0.0979. The highest BCUT2D eigenvalue weighted by atomic mass is 28.3. The van der Waals surface area contributed by atoms with Gasteiger partial charge >= 0.3 is 5.97 Å². The first-order valence-corrected chi connectivity index (χ1v) is 12.1. The summed E-state index contributed by atoms with van der Waals surface area (Å²) in [5.74, 6) is 0.210. The quantitative estimate of drug-likeness (QED) is 0.205. The van der Waals surface area contributed by atoms with E-state index in [9.17, 15) is 20.0 Å². The minimum atomic E-state index is -1.23. The molecule has 0 aromatic heterocycles. The van der Waals surface area contributed by atoms with Crippen LogP contribution < -0.4 is 9.47 Å². The van der Waals surface area contributed by atoms with Gasteiger partial charge in [-0.15, -0.1) is 0 Å². The van der Waals surface area contributed by atoms with Crippen LogP contribution in [0.25, 0.3) is 0 Å². The molecule has 146 valence electrons. The molecule has 0 aliphatic rings. The summed E-state index contributed by atoms with van der Waals surface area (Å²) in [6.45, 7) is 6.79. The molecule has 1 N–H and O–H groups in total. The fourth-order valence-corrected chi connectivity index (χ4v) is 2.82. The number of aliphatic hydroxyl groups excluding tert-OH is 1. The van der Waals surface area contributed by atoms with Crippen molar-refractivity contribution in [3.63, 3.8) is 0 Å². The molecule has 0 unspecified atom stereocenters. The fraction of sp³-hybridized carbons (Fsp3) is 0.588. The summed E-state index contributed by atoms with van der Waals surface area (Å²) in [5, 5.41) is 20.3. The van der Waals surface area contributed by atoms with Gasteiger partial charge in [0.15, 0.2) is 11.5 Å². The maximum atomic E-state index is 11.7. The van der Waals surface area contributed by atoms with Crippen LogP contribution in [-0.2, 0) is 16.1 Å². The van der Waals surface area contributed by atoms with Crippen LogP contribution in [0.3, 0.4) is 0 Å². The largest absolute Gasteiger partial charge is 0.493 e. The summed E-state index contributed by atoms with van der Waals surface area (Å²) >= 11 is 0. The first-order chi connectivity index (χ1) is 12.2. The van der Waals surface area contributed by atoms with Gasteiger partial charge < -0.3 is 19.3 Å². The second kappa shape index (κ2) is 10.1. The monoisotopic (exact) mass is 385 g/mol. The molecule has 0 atom stereocenters. The number of nitro benzene ring substituents is 1. The van der Waals surface area contributed by atoms with E-state index >= 15 is 0 Å². The third kappa shape index (κ3) is 7.40. The minimum absolute atomic E-state index is 0.144. The molecule has 0 saturated carbocycles. The van der Waals surface area contributed by atoms with Crippen molar-refractivity contribution in [2.75, 3.05) is 20.3 Å². The number of methoxy groups -OCH3 is 1. The van der Waals surface area contributed by atoms with Gasteiger partial charge in [0.05, 0.1) is 43.5 Å². The molecule has 0 fully saturated rings. The lowest BCUT2D eigenvalue weighted by Crippen LogP contribution is -2.22. The predicted octanol–water partition coefficient (Wildman–Crippen LogP) is 3.14. The molecule has 0 radical (unpaired) electrons. The highest BCUT2D eigenvalue weighted by molar-refractivity contribution is 6.76. The maximum absolute atomic E-state index is 11.7. The Balaban J connectivity index is 2.53. The third-order valence-corrected chi connectivity index (χ3v) is 5.33. The SMILES string of the molecule is COc1cc(CO)c([N+](=O)[O-])cc1OCCCC(=O)OCC[Si](C)(C)C. The Kier molecular flexibility index (Phi) is 8.53. The number of rotatable bonds is 11. The highest BCUT2D eigenvalue weighted by Gasteiger charge is 2.19. The topological polar surface area (TPSA) is 108 Å². The summed E-state index contributed by atoms with van der Waals surface area (Å²) in [6, 6.07) is 3.52. The molecule has 1 aromatic carbocycles. The van der Waals surface area contributed by atoms with Gasteiger partial charge in [0, 0.05) is 14.5 Å². The van der Waals surface area contributed by atoms with E-state index in [1.807, 2.05) is 0 Å². The Morgan fingerprint density at radius 3 is 2.46 bits per heavy atom. The lowest BCUT2D eigenvalue weighted by molar-refractivity contribution is -0.385. The zero-order valence-electron chi connectivity index (χ0n) is 15.7. The van der Waals surface area contributed by atoms with Crippen molar-refractivity contribution < 1.29 is 29.0 Å². The van der Waals surface area contributed by atoms with E-state index in [0.29, 0.717) is 13.0 Å². The Bertz CT molecular complexity index is 628. The number of hydrogen-bond acceptors (Lipinski definition) is 7. The van der Waals surface area contributed by atoms with Crippen molar-refractivity contribution in [2.45, 2.75) is 45.1 Å². The zero-order valence-corrected chi connectivity index (χ0v) is 16.7. The average Bonchev–Trinajstić information content (AvgIpc) is 2.56. The maximum Gasteiger partial charge on any atom is 0.305 e. The lowest BCUT2D eigenvalue weighted by atomic mass is 10.1. The predicted molar refractivity (Wildman–Crippen MR) is 99.4 cm³/mol. The molecule has 9 heteroatoms. The standard InChI is InChI=1S/C17H27NO7Si/c1-23-15-10-13(12-19)14(18(21)22)11-16(15)24-7-5-6-17(20)25-8-9-26(2,3)4/h10-11,19H,5-9,12H2,1-4H3. The van der Waals surface area contributed by atoms with E-state index < -0.39 is 19.6 Å². The number of carbonyl (C=O) groups excluding carboxylic acids is 1. The molecule has 0 saturated heterocycles. The van der Waals surface area contributed by atoms with Crippen molar-refractivity contribution in [1.29, 1.82) is 0 Å². The molecule has 0 spiro atoms. The normalized spacial score (nSPS) is 11.1. The van der Waals surface area contributed by atoms with E-state index in [-0.39, 0.29) is 41.7 Å². The Morgan fingerprint density at radius 1 is 1.23 bits per heavy atom. The number of carbonyl (C=O) groups is 1. The highest BCUT2D eigenvalue weighted by Crippen LogP contribution is 2.34. The van der Waals surface area contributed by atoms with Crippen LogP contribution in [0.15, 0.2) is 12.1 Å². The molecule has 1 aromatic rings. The van der Waals surface area contributed by atoms with Crippen LogP contribution in [0.5, 0.6) is 11.5 Å². The lowest BCUT2D eigenvalue weighted by Gasteiger charge is -2.15. The van der Waals surface area contributed by atoms with Crippen LogP contribution in [0, 0.1) is 10.1 Å². The molecule has 0 bridgehead atoms. The molecule has 0 heterocycles. The summed E-state index contributed by atoms with van der Waals surface area (Å²) in [6.07, 6.45) is 0.634. The van der Waals surface area contributed by atoms with Crippen LogP contribution in [0.4, 0.5) is 5.69 Å². The van der Waals surface area contributed by atoms with Crippen LogP contribution in [0.1, 0.15) is 18.4 Å². The summed E-state index contributed by atoms with van der Waals surface area (Å²) < 4.78 is 15.8. The van der Waals surface area contributed by atoms with Crippen LogP contribution >= 0.6 is 0 Å². The molecule has 0 aliphatic heterocycles. The first kappa shape index (κ1) is 21.9. The number of esters is 1. The number of nitrogens with zero attached hydrogens (tertiary/aromatic N) is 1. The van der Waals surface area contributed by atoms with Gasteiger partial charge in [0.1, 0.15) is 0 Å². The second-order valence-corrected chi connectivity index (χ2v) is 12.7. The number of benzene rings is 1. The van der Waals surface area contributed by atoms with Crippen molar-refractivity contribution in [2.24, 2.45) is 0 Å². The van der Waals surface area contributed by atoms with Crippen LogP contribution in [-0.4, -0.2) is 44.4 Å². The van der Waals surface area contributed by atoms with Gasteiger partial charge in [-0.2, -0.15) is 0 Å². The van der Waals surface area contributed by atoms with Crippen LogP contribution in [0.2, 0.25) is 25.7 Å². The second-order valence-electron chi connectivity index (χ2n) is 7.03. The van der Waals surface area contributed by atoms with Gasteiger partial charge in [-0.25, -0.2) is 0 Å². The van der Waals surface area contributed by atoms with Crippen molar-refractivity contribution in [3.05, 3.63) is 27.8 Å². The molecule has 0 aliphatic carbocycles. The third-order valence-electron chi connectivity index (χ3n) is 3.63. The number of ether oxygens (including phenoxy) is 3. The van der Waals surface area contributed by atoms with Gasteiger partial charge in [-0.05, 0) is 18.5 Å². The van der Waals surface area contributed by atoms with E-state index in [2.05, 4.69) is 19.6 Å². The Labute approximate surface area is 154 Å². The molecule has 26 heavy (non-hydrogen) atoms. The minimum Gasteiger partial charge on any atom is -0.493 e. The summed E-state index contributed by atoms with van der Waals surface area (Å²) in [4.78, 5) is 22.2. The van der Waals surface area contributed by atoms with E-state index in [0.717, 1.165) is 6.04 Å². The van der Waals surface area contributed by atoms with Gasteiger partial charge in [-0.3, -0.25) is 14.9 Å². The van der Waals surface area contributed by atoms with Gasteiger partial charge in [0.25, 0.3) is 5.69 Å². The van der Waals surface area contributed by atoms with Gasteiger partial charge in [-0.1, -0.05) is 19.6 Å². The Hall–Kier alpha value is -2.13. The fourth-order valence-electron chi connectivity index (χ4n) is 2.10. The molecular formula is C17H27NO7Si. The summed E-state index contributed by atoms with van der Waals surface area (Å²) in [7, 11) is 0.180. The first-order valence-electron chi connectivity index (χ1n) is 8.42. The van der Waals surface area contributed by atoms with E-state index in [4.69, 9.17) is 14.2 Å². The molecular weight excluding hydrogens is 358 g/mol. The molecule has 0 amide bonds. The number of aliphatic hydroxyl groups is 1. The zero-order chi connectivity index (χ0) is 19.7. The Morgan fingerprint density at radius 2 is 1.92 bits per heavy atom. The average molecular weight is 385 g/mol. The van der Waals surface area contributed by atoms with Crippen molar-refractivity contribution in [1.82, 2.24) is 0 Å². The van der Waals surface area contributed by atoms with Crippen molar-refractivity contribution >= 4 is 19.7 Å². The number of hydrogen-bond donors (Lipinski definition) is 1. The van der Waals surface area contributed by atoms with E-state index in [1.54, 1.807) is 0 Å². The number of nitro groups is 1. The van der Waals surface area contributed by atoms with Crippen molar-refractivity contribution in [3.8, 4) is 11.5 Å². The molecule has 8 nitrogen and oxygen atoms in total.